The number of pyridine rings is 1. The topological polar surface area (TPSA) is 88.2 Å². The Bertz CT molecular complexity index is 789. The van der Waals surface area contributed by atoms with Crippen molar-refractivity contribution in [2.45, 2.75) is 25.3 Å². The third kappa shape index (κ3) is 4.37. The lowest BCUT2D eigenvalue weighted by Gasteiger charge is -2.10. The Morgan fingerprint density at radius 2 is 2.04 bits per heavy atom. The van der Waals surface area contributed by atoms with Gasteiger partial charge in [-0.3, -0.25) is 9.78 Å². The molecule has 0 spiro atoms. The van der Waals surface area contributed by atoms with Crippen LogP contribution < -0.4 is 10.0 Å². The first kappa shape index (κ1) is 17.1. The molecule has 2 rings (SSSR count). The summed E-state index contributed by atoms with van der Waals surface area (Å²) in [5.74, 6) is -0.283. The van der Waals surface area contributed by atoms with Crippen LogP contribution in [0.15, 0.2) is 47.6 Å². The zero-order valence-electron chi connectivity index (χ0n) is 13.0. The van der Waals surface area contributed by atoms with E-state index in [0.29, 0.717) is 12.1 Å². The number of hydrogen-bond donors (Lipinski definition) is 2. The van der Waals surface area contributed by atoms with Gasteiger partial charge in [0, 0.05) is 31.0 Å². The highest BCUT2D eigenvalue weighted by molar-refractivity contribution is 7.89. The Kier molecular flexibility index (Phi) is 5.46. The van der Waals surface area contributed by atoms with E-state index in [4.69, 9.17) is 0 Å². The van der Waals surface area contributed by atoms with Crippen molar-refractivity contribution >= 4 is 15.9 Å². The lowest BCUT2D eigenvalue weighted by molar-refractivity contribution is 0.0955. The Hall–Kier alpha value is -2.25. The van der Waals surface area contributed by atoms with Crippen LogP contribution in [0.2, 0.25) is 0 Å². The molecule has 7 heteroatoms. The highest BCUT2D eigenvalue weighted by Crippen LogP contribution is 2.16. The summed E-state index contributed by atoms with van der Waals surface area (Å²) in [6, 6.07) is 8.03. The predicted molar refractivity (Wildman–Crippen MR) is 87.4 cm³/mol. The molecule has 0 aliphatic heterocycles. The van der Waals surface area contributed by atoms with Crippen molar-refractivity contribution in [1.82, 2.24) is 15.0 Å². The van der Waals surface area contributed by atoms with Crippen LogP contribution in [-0.4, -0.2) is 25.9 Å². The van der Waals surface area contributed by atoms with Crippen LogP contribution in [0.25, 0.3) is 0 Å². The molecule has 23 heavy (non-hydrogen) atoms. The number of nitrogens with one attached hydrogen (secondary N) is 2. The van der Waals surface area contributed by atoms with Gasteiger partial charge < -0.3 is 5.32 Å². The molecule has 0 bridgehead atoms. The molecule has 1 amide bonds. The van der Waals surface area contributed by atoms with Gasteiger partial charge in [0.05, 0.1) is 4.90 Å². The molecule has 6 nitrogen and oxygen atoms in total. The molecule has 122 valence electrons. The predicted octanol–water partition coefficient (Wildman–Crippen LogP) is 1.62. The van der Waals surface area contributed by atoms with Crippen molar-refractivity contribution in [2.24, 2.45) is 0 Å². The first-order valence-corrected chi connectivity index (χ1v) is 8.70. The second-order valence-electron chi connectivity index (χ2n) is 5.02. The molecule has 0 aliphatic rings. The number of nitrogens with zero attached hydrogens (tertiary/aromatic N) is 1. The van der Waals surface area contributed by atoms with E-state index in [-0.39, 0.29) is 17.3 Å². The van der Waals surface area contributed by atoms with E-state index in [9.17, 15) is 13.2 Å². The van der Waals surface area contributed by atoms with E-state index in [2.05, 4.69) is 15.0 Å². The van der Waals surface area contributed by atoms with Gasteiger partial charge in [-0.05, 0) is 43.2 Å². The molecular weight excluding hydrogens is 314 g/mol. The summed E-state index contributed by atoms with van der Waals surface area (Å²) >= 11 is 0. The van der Waals surface area contributed by atoms with Crippen LogP contribution in [0.3, 0.4) is 0 Å². The molecule has 1 heterocycles. The summed E-state index contributed by atoms with van der Waals surface area (Å²) in [5.41, 5.74) is 1.84. The summed E-state index contributed by atoms with van der Waals surface area (Å²) in [4.78, 5) is 16.0. The van der Waals surface area contributed by atoms with Crippen molar-refractivity contribution in [3.63, 3.8) is 0 Å². The standard InChI is InChI=1S/C16H19N3O3S/c1-3-18-16(20)15-9-14(7-6-12(15)2)23(21,22)19-11-13-5-4-8-17-10-13/h4-10,19H,3,11H2,1-2H3,(H,18,20). The molecule has 0 saturated heterocycles. The normalized spacial score (nSPS) is 11.2. The van der Waals surface area contributed by atoms with Gasteiger partial charge in [0.1, 0.15) is 0 Å². The molecule has 1 aromatic carbocycles. The number of hydrogen-bond acceptors (Lipinski definition) is 4. The van der Waals surface area contributed by atoms with Gasteiger partial charge >= 0.3 is 0 Å². The summed E-state index contributed by atoms with van der Waals surface area (Å²) in [6.07, 6.45) is 3.22. The number of carbonyl (C=O) groups is 1. The lowest BCUT2D eigenvalue weighted by Crippen LogP contribution is -2.26. The Morgan fingerprint density at radius 3 is 2.70 bits per heavy atom. The van der Waals surface area contributed by atoms with Crippen molar-refractivity contribution in [2.75, 3.05) is 6.54 Å². The van der Waals surface area contributed by atoms with Crippen LogP contribution in [-0.2, 0) is 16.6 Å². The Labute approximate surface area is 136 Å². The van der Waals surface area contributed by atoms with Gasteiger partial charge in [0.2, 0.25) is 10.0 Å². The molecular formula is C16H19N3O3S. The third-order valence-corrected chi connectivity index (χ3v) is 4.69. The van der Waals surface area contributed by atoms with Crippen molar-refractivity contribution in [3.8, 4) is 0 Å². The minimum atomic E-state index is -3.70. The average Bonchev–Trinajstić information content (AvgIpc) is 2.54. The van der Waals surface area contributed by atoms with E-state index in [0.717, 1.165) is 11.1 Å². The third-order valence-electron chi connectivity index (χ3n) is 3.29. The first-order valence-electron chi connectivity index (χ1n) is 7.21. The summed E-state index contributed by atoms with van der Waals surface area (Å²) in [6.45, 7) is 4.20. The van der Waals surface area contributed by atoms with Crippen molar-refractivity contribution < 1.29 is 13.2 Å². The average molecular weight is 333 g/mol. The zero-order chi connectivity index (χ0) is 16.9. The minimum absolute atomic E-state index is 0.0632. The van der Waals surface area contributed by atoms with Crippen LogP contribution in [0.4, 0.5) is 0 Å². The fraction of sp³-hybridized carbons (Fsp3) is 0.250. The summed E-state index contributed by atoms with van der Waals surface area (Å²) in [7, 11) is -3.70. The Balaban J connectivity index is 2.22. The fourth-order valence-corrected chi connectivity index (χ4v) is 3.08. The number of sulfonamides is 1. The maximum atomic E-state index is 12.4. The number of aryl methyl sites for hydroxylation is 1. The quantitative estimate of drug-likeness (QED) is 0.841. The minimum Gasteiger partial charge on any atom is -0.352 e. The number of amides is 1. The van der Waals surface area contributed by atoms with Crippen LogP contribution in [0.5, 0.6) is 0 Å². The molecule has 0 unspecified atom stereocenters. The Morgan fingerprint density at radius 1 is 1.26 bits per heavy atom. The van der Waals surface area contributed by atoms with Crippen molar-refractivity contribution in [3.05, 3.63) is 59.4 Å². The fourth-order valence-electron chi connectivity index (χ4n) is 2.03. The largest absolute Gasteiger partial charge is 0.352 e. The highest BCUT2D eigenvalue weighted by Gasteiger charge is 2.17. The van der Waals surface area contributed by atoms with Gasteiger partial charge in [-0.1, -0.05) is 12.1 Å². The number of rotatable bonds is 6. The highest BCUT2D eigenvalue weighted by atomic mass is 32.2. The first-order chi connectivity index (χ1) is 10.9. The van der Waals surface area contributed by atoms with Crippen LogP contribution in [0.1, 0.15) is 28.4 Å². The maximum absolute atomic E-state index is 12.4. The molecule has 0 aliphatic carbocycles. The lowest BCUT2D eigenvalue weighted by atomic mass is 10.1. The summed E-state index contributed by atoms with van der Waals surface area (Å²) < 4.78 is 27.3. The number of carbonyl (C=O) groups excluding carboxylic acids is 1. The number of aromatic nitrogens is 1. The van der Waals surface area contributed by atoms with Gasteiger partial charge in [-0.25, -0.2) is 13.1 Å². The van der Waals surface area contributed by atoms with Crippen LogP contribution in [0, 0.1) is 6.92 Å². The molecule has 0 fully saturated rings. The second kappa shape index (κ2) is 7.34. The van der Waals surface area contributed by atoms with E-state index >= 15 is 0 Å². The SMILES string of the molecule is CCNC(=O)c1cc(S(=O)(=O)NCc2cccnc2)ccc1C. The van der Waals surface area contributed by atoms with Crippen LogP contribution >= 0.6 is 0 Å². The molecule has 2 N–H and O–H groups in total. The van der Waals surface area contributed by atoms with Gasteiger partial charge in [-0.2, -0.15) is 0 Å². The molecule has 1 aromatic heterocycles. The monoisotopic (exact) mass is 333 g/mol. The van der Waals surface area contributed by atoms with E-state index in [1.807, 2.05) is 6.92 Å². The van der Waals surface area contributed by atoms with E-state index in [1.54, 1.807) is 37.5 Å². The van der Waals surface area contributed by atoms with Gasteiger partial charge in [-0.15, -0.1) is 0 Å². The van der Waals surface area contributed by atoms with E-state index in [1.165, 1.54) is 12.1 Å². The second-order valence-corrected chi connectivity index (χ2v) is 6.79. The van der Waals surface area contributed by atoms with Gasteiger partial charge in [0.15, 0.2) is 0 Å². The molecule has 0 atom stereocenters. The molecule has 0 radical (unpaired) electrons. The number of benzene rings is 1. The summed E-state index contributed by atoms with van der Waals surface area (Å²) in [5, 5.41) is 2.68. The van der Waals surface area contributed by atoms with Gasteiger partial charge in [0.25, 0.3) is 5.91 Å². The zero-order valence-corrected chi connectivity index (χ0v) is 13.9. The smallest absolute Gasteiger partial charge is 0.251 e. The van der Waals surface area contributed by atoms with Crippen molar-refractivity contribution in [1.29, 1.82) is 0 Å². The molecule has 2 aromatic rings. The molecule has 0 saturated carbocycles. The maximum Gasteiger partial charge on any atom is 0.251 e. The van der Waals surface area contributed by atoms with E-state index < -0.39 is 10.0 Å².